The number of hydrogen-bond donors (Lipinski definition) is 1. The van der Waals surface area contributed by atoms with Crippen LogP contribution >= 0.6 is 0 Å². The summed E-state index contributed by atoms with van der Waals surface area (Å²) in [7, 11) is -3.18. The molecule has 2 rings (SSSR count). The van der Waals surface area contributed by atoms with E-state index in [1.54, 1.807) is 4.31 Å². The maximum atomic E-state index is 12.2. The fourth-order valence-corrected chi connectivity index (χ4v) is 3.46. The van der Waals surface area contributed by atoms with E-state index < -0.39 is 10.0 Å². The summed E-state index contributed by atoms with van der Waals surface area (Å²) in [5.41, 5.74) is 1.87. The molecule has 0 atom stereocenters. The van der Waals surface area contributed by atoms with Crippen LogP contribution in [-0.2, 0) is 10.0 Å². The molecule has 0 radical (unpaired) electrons. The molecule has 94 valence electrons. The van der Waals surface area contributed by atoms with Crippen LogP contribution in [0.4, 0.5) is 5.69 Å². The highest BCUT2D eigenvalue weighted by Gasteiger charge is 2.23. The van der Waals surface area contributed by atoms with E-state index in [0.29, 0.717) is 13.1 Å². The lowest BCUT2D eigenvalue weighted by atomic mass is 10.2. The number of nitrogens with zero attached hydrogens (tertiary/aromatic N) is 1. The molecule has 1 N–H and O–H groups in total. The molecule has 0 aliphatic carbocycles. The predicted octanol–water partition coefficient (Wildman–Crippen LogP) is 1.12. The first-order chi connectivity index (χ1) is 8.09. The number of aryl methyl sites for hydroxylation is 1. The Balaban J connectivity index is 2.32. The van der Waals surface area contributed by atoms with Gasteiger partial charge in [0.2, 0.25) is 10.0 Å². The van der Waals surface area contributed by atoms with Gasteiger partial charge in [0.25, 0.3) is 0 Å². The smallest absolute Gasteiger partial charge is 0.236 e. The highest BCUT2D eigenvalue weighted by Crippen LogP contribution is 2.20. The van der Waals surface area contributed by atoms with E-state index >= 15 is 0 Å². The highest BCUT2D eigenvalue weighted by atomic mass is 32.2. The Kier molecular flexibility index (Phi) is 3.69. The number of benzene rings is 1. The summed E-state index contributed by atoms with van der Waals surface area (Å²) >= 11 is 0. The van der Waals surface area contributed by atoms with Crippen molar-refractivity contribution in [2.45, 2.75) is 13.3 Å². The summed E-state index contributed by atoms with van der Waals surface area (Å²) in [6.45, 7) is 3.93. The van der Waals surface area contributed by atoms with Crippen molar-refractivity contribution in [2.75, 3.05) is 29.7 Å². The van der Waals surface area contributed by atoms with Gasteiger partial charge in [-0.3, -0.25) is 4.31 Å². The summed E-state index contributed by atoms with van der Waals surface area (Å²) < 4.78 is 25.8. The Morgan fingerprint density at radius 2 is 2.12 bits per heavy atom. The molecule has 0 saturated carbocycles. The van der Waals surface area contributed by atoms with Crippen LogP contribution in [0.15, 0.2) is 24.3 Å². The van der Waals surface area contributed by atoms with Gasteiger partial charge in [-0.25, -0.2) is 8.42 Å². The zero-order valence-electron chi connectivity index (χ0n) is 10.0. The second kappa shape index (κ2) is 5.06. The van der Waals surface area contributed by atoms with Crippen LogP contribution in [0.25, 0.3) is 0 Å². The van der Waals surface area contributed by atoms with Gasteiger partial charge in [0.05, 0.1) is 11.4 Å². The van der Waals surface area contributed by atoms with Crippen molar-refractivity contribution in [1.29, 1.82) is 0 Å². The van der Waals surface area contributed by atoms with Crippen molar-refractivity contribution in [3.8, 4) is 0 Å². The minimum Gasteiger partial charge on any atom is -0.316 e. The molecule has 5 heteroatoms. The van der Waals surface area contributed by atoms with E-state index in [0.717, 1.165) is 24.2 Å². The zero-order valence-corrected chi connectivity index (χ0v) is 10.8. The number of rotatable bonds is 1. The van der Waals surface area contributed by atoms with Gasteiger partial charge in [0.15, 0.2) is 0 Å². The normalized spacial score (nSPS) is 20.6. The van der Waals surface area contributed by atoms with Crippen molar-refractivity contribution in [3.63, 3.8) is 0 Å². The van der Waals surface area contributed by atoms with Gasteiger partial charge in [-0.05, 0) is 37.6 Å². The number of sulfonamides is 1. The summed E-state index contributed by atoms with van der Waals surface area (Å²) in [6, 6.07) is 7.66. The maximum Gasteiger partial charge on any atom is 0.236 e. The van der Waals surface area contributed by atoms with Crippen LogP contribution < -0.4 is 9.62 Å². The van der Waals surface area contributed by atoms with Gasteiger partial charge < -0.3 is 5.32 Å². The van der Waals surface area contributed by atoms with E-state index in [1.165, 1.54) is 0 Å². The van der Waals surface area contributed by atoms with Crippen LogP contribution in [0.5, 0.6) is 0 Å². The quantitative estimate of drug-likeness (QED) is 0.817. The van der Waals surface area contributed by atoms with Crippen LogP contribution in [0.2, 0.25) is 0 Å². The van der Waals surface area contributed by atoms with Gasteiger partial charge in [-0.2, -0.15) is 0 Å². The van der Waals surface area contributed by atoms with E-state index in [-0.39, 0.29) is 5.75 Å². The molecule has 17 heavy (non-hydrogen) atoms. The molecule has 0 bridgehead atoms. The summed E-state index contributed by atoms with van der Waals surface area (Å²) in [4.78, 5) is 0. The average molecular weight is 254 g/mol. The monoisotopic (exact) mass is 254 g/mol. The Labute approximate surface area is 103 Å². The largest absolute Gasteiger partial charge is 0.316 e. The Hall–Kier alpha value is -1.07. The van der Waals surface area contributed by atoms with Crippen molar-refractivity contribution in [3.05, 3.63) is 29.8 Å². The molecule has 1 aromatic carbocycles. The van der Waals surface area contributed by atoms with E-state index in [4.69, 9.17) is 0 Å². The lowest BCUT2D eigenvalue weighted by Crippen LogP contribution is -2.41. The molecule has 1 aliphatic heterocycles. The number of anilines is 1. The van der Waals surface area contributed by atoms with Gasteiger partial charge >= 0.3 is 0 Å². The first kappa shape index (κ1) is 12.4. The Morgan fingerprint density at radius 3 is 2.88 bits per heavy atom. The van der Waals surface area contributed by atoms with Crippen molar-refractivity contribution in [1.82, 2.24) is 5.32 Å². The zero-order chi connectivity index (χ0) is 12.3. The van der Waals surface area contributed by atoms with Gasteiger partial charge in [-0.15, -0.1) is 0 Å². The van der Waals surface area contributed by atoms with E-state index in [1.807, 2.05) is 31.2 Å². The van der Waals surface area contributed by atoms with E-state index in [2.05, 4.69) is 5.32 Å². The maximum absolute atomic E-state index is 12.2. The molecule has 4 nitrogen and oxygen atoms in total. The molecule has 1 saturated heterocycles. The SMILES string of the molecule is Cc1cccc(N2CCCNCCS2(=O)=O)c1. The Bertz CT molecular complexity index is 485. The van der Waals surface area contributed by atoms with Crippen molar-refractivity contribution >= 4 is 15.7 Å². The molecule has 0 aromatic heterocycles. The summed E-state index contributed by atoms with van der Waals surface area (Å²) in [5, 5.41) is 3.12. The fraction of sp³-hybridized carbons (Fsp3) is 0.500. The molecule has 1 aromatic rings. The third kappa shape index (κ3) is 2.98. The van der Waals surface area contributed by atoms with Crippen LogP contribution in [-0.4, -0.2) is 33.8 Å². The lowest BCUT2D eigenvalue weighted by Gasteiger charge is -2.27. The third-order valence-electron chi connectivity index (χ3n) is 2.88. The molecule has 1 aliphatic rings. The van der Waals surface area contributed by atoms with E-state index in [9.17, 15) is 8.42 Å². The van der Waals surface area contributed by atoms with Gasteiger partial charge in [-0.1, -0.05) is 12.1 Å². The van der Waals surface area contributed by atoms with Crippen molar-refractivity contribution in [2.24, 2.45) is 0 Å². The second-order valence-corrected chi connectivity index (χ2v) is 6.34. The molecule has 1 heterocycles. The minimum atomic E-state index is -3.18. The fourth-order valence-electron chi connectivity index (χ4n) is 2.00. The standard InChI is InChI=1S/C12H18N2O2S/c1-11-4-2-5-12(10-11)14-8-3-6-13-7-9-17(14,15)16/h2,4-5,10,13H,3,6-9H2,1H3. The second-order valence-electron chi connectivity index (χ2n) is 4.33. The Morgan fingerprint density at radius 1 is 1.29 bits per heavy atom. The minimum absolute atomic E-state index is 0.168. The van der Waals surface area contributed by atoms with Crippen LogP contribution in [0.1, 0.15) is 12.0 Å². The third-order valence-corrected chi connectivity index (χ3v) is 4.66. The first-order valence-corrected chi connectivity index (χ1v) is 7.48. The molecule has 0 spiro atoms. The predicted molar refractivity (Wildman–Crippen MR) is 69.8 cm³/mol. The van der Waals surface area contributed by atoms with Crippen molar-refractivity contribution < 1.29 is 8.42 Å². The average Bonchev–Trinajstić information content (AvgIpc) is 2.25. The van der Waals surface area contributed by atoms with Crippen LogP contribution in [0, 0.1) is 6.92 Å². The topological polar surface area (TPSA) is 49.4 Å². The summed E-state index contributed by atoms with van der Waals surface area (Å²) in [6.07, 6.45) is 0.840. The first-order valence-electron chi connectivity index (χ1n) is 5.87. The molecular formula is C12H18N2O2S. The van der Waals surface area contributed by atoms with Crippen LogP contribution in [0.3, 0.4) is 0 Å². The molecule has 1 fully saturated rings. The lowest BCUT2D eigenvalue weighted by molar-refractivity contribution is 0.572. The number of hydrogen-bond acceptors (Lipinski definition) is 3. The number of nitrogens with one attached hydrogen (secondary N) is 1. The molecule has 0 amide bonds. The molecule has 0 unspecified atom stereocenters. The molecular weight excluding hydrogens is 236 g/mol. The van der Waals surface area contributed by atoms with Gasteiger partial charge in [0.1, 0.15) is 0 Å². The van der Waals surface area contributed by atoms with Gasteiger partial charge in [0, 0.05) is 13.1 Å². The summed E-state index contributed by atoms with van der Waals surface area (Å²) in [5.74, 6) is 0.168. The highest BCUT2D eigenvalue weighted by molar-refractivity contribution is 7.92.